The van der Waals surface area contributed by atoms with E-state index in [9.17, 15) is 14.4 Å². The van der Waals surface area contributed by atoms with Crippen molar-refractivity contribution < 1.29 is 19.5 Å². The Hall–Kier alpha value is -1.63. The molecule has 0 unspecified atom stereocenters. The van der Waals surface area contributed by atoms with Crippen molar-refractivity contribution in [3.8, 4) is 0 Å². The number of aliphatic carboxylic acids is 1. The van der Waals surface area contributed by atoms with E-state index in [4.69, 9.17) is 10.8 Å². The van der Waals surface area contributed by atoms with Gasteiger partial charge in [-0.1, -0.05) is 32.1 Å². The summed E-state index contributed by atoms with van der Waals surface area (Å²) < 4.78 is 0. The molecule has 1 aliphatic heterocycles. The van der Waals surface area contributed by atoms with Crippen molar-refractivity contribution in [2.75, 3.05) is 6.54 Å². The minimum absolute atomic E-state index is 0.326. The monoisotopic (exact) mass is 339 g/mol. The first-order valence-electron chi connectivity index (χ1n) is 8.99. The zero-order valence-electron chi connectivity index (χ0n) is 14.4. The van der Waals surface area contributed by atoms with Gasteiger partial charge in [-0.2, -0.15) is 0 Å². The number of carbonyl (C=O) groups excluding carboxylic acids is 2. The fourth-order valence-electron chi connectivity index (χ4n) is 3.81. The summed E-state index contributed by atoms with van der Waals surface area (Å²) in [5.74, 6) is -1.18. The van der Waals surface area contributed by atoms with Crippen molar-refractivity contribution in [1.82, 2.24) is 10.2 Å². The molecule has 1 heterocycles. The highest BCUT2D eigenvalue weighted by Gasteiger charge is 2.36. The highest BCUT2D eigenvalue weighted by atomic mass is 16.4. The van der Waals surface area contributed by atoms with E-state index in [1.54, 1.807) is 6.92 Å². The molecule has 3 atom stereocenters. The Kier molecular flexibility index (Phi) is 6.60. The third-order valence-electron chi connectivity index (χ3n) is 5.20. The third kappa shape index (κ3) is 4.69. The van der Waals surface area contributed by atoms with Crippen LogP contribution in [0.2, 0.25) is 0 Å². The number of hydrogen-bond acceptors (Lipinski definition) is 4. The molecule has 2 fully saturated rings. The molecule has 0 aromatic carbocycles. The van der Waals surface area contributed by atoms with Crippen LogP contribution >= 0.6 is 0 Å². The zero-order chi connectivity index (χ0) is 17.7. The van der Waals surface area contributed by atoms with Gasteiger partial charge < -0.3 is 21.1 Å². The molecule has 2 rings (SSSR count). The Balaban J connectivity index is 1.83. The van der Waals surface area contributed by atoms with E-state index in [2.05, 4.69) is 5.32 Å². The lowest BCUT2D eigenvalue weighted by atomic mass is 9.85. The van der Waals surface area contributed by atoms with Gasteiger partial charge in [0.25, 0.3) is 0 Å². The molecule has 2 amide bonds. The van der Waals surface area contributed by atoms with Gasteiger partial charge in [-0.3, -0.25) is 9.59 Å². The second-order valence-electron chi connectivity index (χ2n) is 7.10. The summed E-state index contributed by atoms with van der Waals surface area (Å²) in [6, 6.07) is -2.15. The van der Waals surface area contributed by atoms with Crippen molar-refractivity contribution in [2.24, 2.45) is 11.7 Å². The molecule has 2 aliphatic rings. The number of nitrogens with two attached hydrogens (primary N) is 1. The number of carbonyl (C=O) groups is 3. The van der Waals surface area contributed by atoms with E-state index in [0.717, 1.165) is 12.8 Å². The largest absolute Gasteiger partial charge is 0.480 e. The standard InChI is InChI=1S/C17H29N3O4/c1-11(16(22)20-9-5-8-14(20)17(23)24)19-15(21)13(18)10-12-6-3-2-4-7-12/h11-14H,2-10,18H2,1H3,(H,19,21)(H,23,24)/t11-,13-,14-/m0/s1. The Bertz CT molecular complexity index is 476. The predicted octanol–water partition coefficient (Wildman–Crippen LogP) is 0.864. The maximum absolute atomic E-state index is 12.4. The topological polar surface area (TPSA) is 113 Å². The summed E-state index contributed by atoms with van der Waals surface area (Å²) >= 11 is 0. The number of carboxylic acid groups (broad SMARTS) is 1. The van der Waals surface area contributed by atoms with Crippen LogP contribution in [0.3, 0.4) is 0 Å². The van der Waals surface area contributed by atoms with Crippen LogP contribution in [0.25, 0.3) is 0 Å². The molecule has 136 valence electrons. The van der Waals surface area contributed by atoms with Gasteiger partial charge >= 0.3 is 5.97 Å². The predicted molar refractivity (Wildman–Crippen MR) is 89.1 cm³/mol. The zero-order valence-corrected chi connectivity index (χ0v) is 14.4. The molecular weight excluding hydrogens is 310 g/mol. The van der Waals surface area contributed by atoms with Gasteiger partial charge in [0.05, 0.1) is 6.04 Å². The summed E-state index contributed by atoms with van der Waals surface area (Å²) in [5, 5.41) is 11.8. The molecular formula is C17H29N3O4. The second kappa shape index (κ2) is 8.46. The van der Waals surface area contributed by atoms with E-state index in [0.29, 0.717) is 31.7 Å². The highest BCUT2D eigenvalue weighted by molar-refractivity contribution is 5.91. The molecule has 1 saturated heterocycles. The van der Waals surface area contributed by atoms with Crippen LogP contribution in [0, 0.1) is 5.92 Å². The summed E-state index contributed by atoms with van der Waals surface area (Å²) in [5.41, 5.74) is 5.99. The molecule has 0 bridgehead atoms. The summed E-state index contributed by atoms with van der Waals surface area (Å²) in [7, 11) is 0. The van der Waals surface area contributed by atoms with Gasteiger partial charge in [0.1, 0.15) is 12.1 Å². The number of nitrogens with zero attached hydrogens (tertiary/aromatic N) is 1. The summed E-state index contributed by atoms with van der Waals surface area (Å²) in [6.45, 7) is 2.01. The number of hydrogen-bond donors (Lipinski definition) is 3. The summed E-state index contributed by atoms with van der Waals surface area (Å²) in [4.78, 5) is 37.2. The van der Waals surface area contributed by atoms with Crippen LogP contribution in [0.1, 0.15) is 58.3 Å². The van der Waals surface area contributed by atoms with E-state index in [1.165, 1.54) is 24.2 Å². The lowest BCUT2D eigenvalue weighted by molar-refractivity contribution is -0.149. The third-order valence-corrected chi connectivity index (χ3v) is 5.20. The van der Waals surface area contributed by atoms with Crippen molar-refractivity contribution in [3.63, 3.8) is 0 Å². The number of amides is 2. The van der Waals surface area contributed by atoms with Gasteiger partial charge in [-0.25, -0.2) is 4.79 Å². The Morgan fingerprint density at radius 2 is 1.83 bits per heavy atom. The van der Waals surface area contributed by atoms with Crippen molar-refractivity contribution in [2.45, 2.75) is 76.4 Å². The van der Waals surface area contributed by atoms with E-state index in [1.807, 2.05) is 0 Å². The molecule has 24 heavy (non-hydrogen) atoms. The SMILES string of the molecule is C[C@H](NC(=O)[C@@H](N)CC1CCCCC1)C(=O)N1CCC[C@H]1C(=O)O. The Morgan fingerprint density at radius 3 is 2.46 bits per heavy atom. The van der Waals surface area contributed by atoms with E-state index >= 15 is 0 Å². The maximum atomic E-state index is 12.4. The van der Waals surface area contributed by atoms with Gasteiger partial charge in [0.15, 0.2) is 0 Å². The second-order valence-corrected chi connectivity index (χ2v) is 7.10. The fourth-order valence-corrected chi connectivity index (χ4v) is 3.81. The minimum atomic E-state index is -0.992. The molecule has 7 nitrogen and oxygen atoms in total. The average Bonchev–Trinajstić information content (AvgIpc) is 3.04. The number of nitrogens with one attached hydrogen (secondary N) is 1. The quantitative estimate of drug-likeness (QED) is 0.664. The molecule has 1 saturated carbocycles. The molecule has 7 heteroatoms. The normalized spacial score (nSPS) is 24.4. The van der Waals surface area contributed by atoms with Gasteiger partial charge in [0, 0.05) is 6.54 Å². The number of carboxylic acids is 1. The first kappa shape index (κ1) is 18.7. The van der Waals surface area contributed by atoms with Crippen LogP contribution in [-0.2, 0) is 14.4 Å². The van der Waals surface area contributed by atoms with Crippen LogP contribution in [0.4, 0.5) is 0 Å². The number of likely N-dealkylation sites (tertiary alicyclic amines) is 1. The van der Waals surface area contributed by atoms with E-state index in [-0.39, 0.29) is 11.8 Å². The highest BCUT2D eigenvalue weighted by Crippen LogP contribution is 2.27. The summed E-state index contributed by atoms with van der Waals surface area (Å²) in [6.07, 6.45) is 7.65. The number of rotatable bonds is 6. The molecule has 0 aromatic heterocycles. The van der Waals surface area contributed by atoms with Crippen molar-refractivity contribution in [1.29, 1.82) is 0 Å². The maximum Gasteiger partial charge on any atom is 0.326 e. The molecule has 4 N–H and O–H groups in total. The molecule has 0 radical (unpaired) electrons. The van der Waals surface area contributed by atoms with Crippen LogP contribution in [-0.4, -0.2) is 52.5 Å². The smallest absolute Gasteiger partial charge is 0.326 e. The van der Waals surface area contributed by atoms with Gasteiger partial charge in [0.2, 0.25) is 11.8 Å². The Morgan fingerprint density at radius 1 is 1.17 bits per heavy atom. The van der Waals surface area contributed by atoms with Gasteiger partial charge in [-0.15, -0.1) is 0 Å². The van der Waals surface area contributed by atoms with Crippen LogP contribution < -0.4 is 11.1 Å². The average molecular weight is 339 g/mol. The lowest BCUT2D eigenvalue weighted by Crippen LogP contribution is -2.53. The van der Waals surface area contributed by atoms with Gasteiger partial charge in [-0.05, 0) is 32.1 Å². The van der Waals surface area contributed by atoms with Crippen LogP contribution in [0.5, 0.6) is 0 Å². The van der Waals surface area contributed by atoms with Crippen LogP contribution in [0.15, 0.2) is 0 Å². The first-order chi connectivity index (χ1) is 11.4. The van der Waals surface area contributed by atoms with Crippen molar-refractivity contribution in [3.05, 3.63) is 0 Å². The molecule has 1 aliphatic carbocycles. The minimum Gasteiger partial charge on any atom is -0.480 e. The molecule has 0 spiro atoms. The molecule has 0 aromatic rings. The van der Waals surface area contributed by atoms with Crippen molar-refractivity contribution >= 4 is 17.8 Å². The lowest BCUT2D eigenvalue weighted by Gasteiger charge is -2.27. The fraction of sp³-hybridized carbons (Fsp3) is 0.824. The first-order valence-corrected chi connectivity index (χ1v) is 8.99. The van der Waals surface area contributed by atoms with E-state index < -0.39 is 24.1 Å². The Labute approximate surface area is 142 Å².